The molecule has 0 saturated heterocycles. The van der Waals surface area contributed by atoms with E-state index in [1.165, 1.54) is 0 Å². The maximum absolute atomic E-state index is 3.15. The molecule has 0 fully saturated rings. The molecule has 0 atom stereocenters. The number of rotatable bonds is 0. The molecule has 0 heterocycles. The van der Waals surface area contributed by atoms with Gasteiger partial charge >= 0.3 is 0 Å². The quantitative estimate of drug-likeness (QED) is 0.496. The van der Waals surface area contributed by atoms with Crippen LogP contribution in [0.3, 0.4) is 0 Å². The van der Waals surface area contributed by atoms with Gasteiger partial charge in [-0.15, -0.1) is 0 Å². The Kier molecular flexibility index (Phi) is 14.4. The fraction of sp³-hybridized carbons (Fsp3) is 1.00. The number of nitrogens with zero attached hydrogens (tertiary/aromatic N) is 1. The highest BCUT2D eigenvalue weighted by Crippen LogP contribution is 1.67. The van der Waals surface area contributed by atoms with Crippen LogP contribution in [0.15, 0.2) is 0 Å². The Morgan fingerprint density at radius 2 is 1.29 bits per heavy atom. The average Bonchev–Trinajstić information content (AvgIpc) is 1.33. The van der Waals surface area contributed by atoms with E-state index in [2.05, 4.69) is 15.9 Å². The molecule has 0 saturated carbocycles. The minimum absolute atomic E-state index is 1.06. The zero-order valence-electron chi connectivity index (χ0n) is 5.53. The highest BCUT2D eigenvalue weighted by atomic mass is 79.9. The van der Waals surface area contributed by atoms with E-state index in [0.717, 1.165) is 5.33 Å². The summed E-state index contributed by atoms with van der Waals surface area (Å²) < 4.78 is 0. The summed E-state index contributed by atoms with van der Waals surface area (Å²) in [6, 6.07) is 0. The fourth-order valence-electron chi connectivity index (χ4n) is 0. The Bertz CT molecular complexity index is 19.3. The van der Waals surface area contributed by atoms with Gasteiger partial charge in [0.2, 0.25) is 0 Å². The standard InChI is InChI=1S/C3H9N.C2H5Br/c1-4(2)3;1-2-3/h1-3H3;2H2,1H3. The molecule has 0 radical (unpaired) electrons. The molecule has 0 bridgehead atoms. The normalized spacial score (nSPS) is 7.71. The van der Waals surface area contributed by atoms with Crippen molar-refractivity contribution in [3.63, 3.8) is 0 Å². The molecule has 0 aliphatic carbocycles. The Morgan fingerprint density at radius 1 is 1.29 bits per heavy atom. The van der Waals surface area contributed by atoms with E-state index in [1.54, 1.807) is 0 Å². The van der Waals surface area contributed by atoms with Gasteiger partial charge in [-0.2, -0.15) is 0 Å². The summed E-state index contributed by atoms with van der Waals surface area (Å²) in [6.07, 6.45) is 0. The summed E-state index contributed by atoms with van der Waals surface area (Å²) in [5.41, 5.74) is 0. The second kappa shape index (κ2) is 9.67. The highest BCUT2D eigenvalue weighted by molar-refractivity contribution is 9.09. The summed E-state index contributed by atoms with van der Waals surface area (Å²) in [6.45, 7) is 2.04. The molecule has 0 spiro atoms. The molecule has 46 valence electrons. The number of alkyl halides is 1. The molecule has 0 amide bonds. The number of halogens is 1. The first-order valence-corrected chi connectivity index (χ1v) is 3.44. The van der Waals surface area contributed by atoms with Crippen molar-refractivity contribution in [3.05, 3.63) is 0 Å². The van der Waals surface area contributed by atoms with Gasteiger partial charge in [0.25, 0.3) is 0 Å². The molecule has 7 heavy (non-hydrogen) atoms. The molecule has 2 heteroatoms. The average molecular weight is 168 g/mol. The lowest BCUT2D eigenvalue weighted by Gasteiger charge is -1.90. The topological polar surface area (TPSA) is 3.24 Å². The van der Waals surface area contributed by atoms with Crippen LogP contribution in [0.5, 0.6) is 0 Å². The second-order valence-electron chi connectivity index (χ2n) is 1.61. The van der Waals surface area contributed by atoms with E-state index in [0.29, 0.717) is 0 Å². The smallest absolute Gasteiger partial charge is 0.000281 e. The first-order chi connectivity index (χ1) is 3.15. The molecule has 0 rings (SSSR count). The number of hydrogen-bond donors (Lipinski definition) is 0. The van der Waals surface area contributed by atoms with Gasteiger partial charge in [-0.25, -0.2) is 0 Å². The van der Waals surface area contributed by atoms with Crippen LogP contribution in [0.25, 0.3) is 0 Å². The molecule has 0 aromatic rings. The van der Waals surface area contributed by atoms with Crippen LogP contribution < -0.4 is 0 Å². The van der Waals surface area contributed by atoms with Gasteiger partial charge in [-0.05, 0) is 21.1 Å². The lowest BCUT2D eigenvalue weighted by Crippen LogP contribution is -1.99. The van der Waals surface area contributed by atoms with Gasteiger partial charge in [0, 0.05) is 5.33 Å². The van der Waals surface area contributed by atoms with Gasteiger partial charge in [0.1, 0.15) is 0 Å². The molecule has 0 aromatic carbocycles. The van der Waals surface area contributed by atoms with Crippen molar-refractivity contribution in [1.82, 2.24) is 4.90 Å². The monoisotopic (exact) mass is 167 g/mol. The predicted molar refractivity (Wildman–Crippen MR) is 39.1 cm³/mol. The van der Waals surface area contributed by atoms with E-state index >= 15 is 0 Å². The Morgan fingerprint density at radius 3 is 1.29 bits per heavy atom. The zero-order valence-corrected chi connectivity index (χ0v) is 7.12. The molecular formula is C5H14BrN. The molecule has 0 aliphatic rings. The lowest BCUT2D eigenvalue weighted by atomic mass is 11.0. The van der Waals surface area contributed by atoms with Crippen LogP contribution in [-0.2, 0) is 0 Å². The van der Waals surface area contributed by atoms with Crippen LogP contribution in [0, 0.1) is 0 Å². The minimum atomic E-state index is 1.06. The van der Waals surface area contributed by atoms with Gasteiger partial charge in [-0.1, -0.05) is 22.9 Å². The Labute approximate surface area is 54.8 Å². The van der Waals surface area contributed by atoms with Crippen LogP contribution in [-0.4, -0.2) is 31.4 Å². The van der Waals surface area contributed by atoms with Crippen molar-refractivity contribution in [2.75, 3.05) is 26.5 Å². The van der Waals surface area contributed by atoms with Crippen LogP contribution in [0.1, 0.15) is 6.92 Å². The van der Waals surface area contributed by atoms with Crippen molar-refractivity contribution < 1.29 is 0 Å². The first kappa shape index (κ1) is 10.4. The van der Waals surface area contributed by atoms with Crippen LogP contribution in [0.2, 0.25) is 0 Å². The first-order valence-electron chi connectivity index (χ1n) is 2.32. The van der Waals surface area contributed by atoms with Crippen molar-refractivity contribution in [2.45, 2.75) is 6.92 Å². The van der Waals surface area contributed by atoms with Crippen LogP contribution >= 0.6 is 15.9 Å². The molecular weight excluding hydrogens is 154 g/mol. The van der Waals surface area contributed by atoms with Gasteiger partial charge in [0.05, 0.1) is 0 Å². The van der Waals surface area contributed by atoms with E-state index in [9.17, 15) is 0 Å². The third-order valence-corrected chi connectivity index (χ3v) is 0. The van der Waals surface area contributed by atoms with Gasteiger partial charge in [0.15, 0.2) is 0 Å². The van der Waals surface area contributed by atoms with Crippen molar-refractivity contribution in [3.8, 4) is 0 Å². The predicted octanol–water partition coefficient (Wildman–Crippen LogP) is 1.58. The maximum atomic E-state index is 3.15. The third kappa shape index (κ3) is 656. The molecule has 0 unspecified atom stereocenters. The summed E-state index contributed by atoms with van der Waals surface area (Å²) in [5, 5.41) is 1.06. The molecule has 0 aliphatic heterocycles. The lowest BCUT2D eigenvalue weighted by molar-refractivity contribution is 0.505. The van der Waals surface area contributed by atoms with Crippen LogP contribution in [0.4, 0.5) is 0 Å². The number of hydrogen-bond acceptors (Lipinski definition) is 1. The maximum Gasteiger partial charge on any atom is 0.000281 e. The van der Waals surface area contributed by atoms with E-state index < -0.39 is 0 Å². The Hall–Kier alpha value is 0.440. The van der Waals surface area contributed by atoms with Crippen molar-refractivity contribution in [2.24, 2.45) is 0 Å². The second-order valence-corrected chi connectivity index (χ2v) is 2.73. The van der Waals surface area contributed by atoms with E-state index in [4.69, 9.17) is 0 Å². The van der Waals surface area contributed by atoms with Gasteiger partial charge in [-0.3, -0.25) is 0 Å². The van der Waals surface area contributed by atoms with E-state index in [1.807, 2.05) is 33.0 Å². The molecule has 1 nitrogen and oxygen atoms in total. The highest BCUT2D eigenvalue weighted by Gasteiger charge is 1.58. The Balaban J connectivity index is 0. The molecule has 0 N–H and O–H groups in total. The van der Waals surface area contributed by atoms with E-state index in [-0.39, 0.29) is 0 Å². The summed E-state index contributed by atoms with van der Waals surface area (Å²) >= 11 is 3.15. The van der Waals surface area contributed by atoms with Gasteiger partial charge < -0.3 is 4.90 Å². The largest absolute Gasteiger partial charge is 0.312 e. The zero-order chi connectivity index (χ0) is 6.28. The summed E-state index contributed by atoms with van der Waals surface area (Å²) in [7, 11) is 6.00. The fourth-order valence-corrected chi connectivity index (χ4v) is 0. The third-order valence-electron chi connectivity index (χ3n) is 0. The summed E-state index contributed by atoms with van der Waals surface area (Å²) in [5.74, 6) is 0. The van der Waals surface area contributed by atoms with Crippen molar-refractivity contribution >= 4 is 15.9 Å². The minimum Gasteiger partial charge on any atom is -0.312 e. The summed E-state index contributed by atoms with van der Waals surface area (Å²) in [4.78, 5) is 2.00. The van der Waals surface area contributed by atoms with Crippen molar-refractivity contribution in [1.29, 1.82) is 0 Å². The SMILES string of the molecule is CCBr.CN(C)C. The molecule has 0 aromatic heterocycles.